The fourth-order valence-corrected chi connectivity index (χ4v) is 3.06. The fraction of sp³-hybridized carbons (Fsp3) is 0.133. The van der Waals surface area contributed by atoms with E-state index in [1.165, 1.54) is 0 Å². The van der Waals surface area contributed by atoms with Gasteiger partial charge in [-0.3, -0.25) is 4.79 Å². The molecule has 0 aliphatic carbocycles. The Morgan fingerprint density at radius 2 is 1.90 bits per heavy atom. The summed E-state index contributed by atoms with van der Waals surface area (Å²) in [7, 11) is 0. The summed E-state index contributed by atoms with van der Waals surface area (Å²) in [5.41, 5.74) is 6.95. The van der Waals surface area contributed by atoms with Gasteiger partial charge < -0.3 is 15.8 Å². The van der Waals surface area contributed by atoms with Gasteiger partial charge in [-0.2, -0.15) is 0 Å². The molecule has 6 heteroatoms. The van der Waals surface area contributed by atoms with Gasteiger partial charge >= 0.3 is 0 Å². The van der Waals surface area contributed by atoms with Gasteiger partial charge in [0, 0.05) is 8.95 Å². The van der Waals surface area contributed by atoms with Crippen LogP contribution >= 0.6 is 31.9 Å². The highest BCUT2D eigenvalue weighted by molar-refractivity contribution is 9.11. The highest BCUT2D eigenvalue weighted by Gasteiger charge is 2.10. The fourth-order valence-electron chi connectivity index (χ4n) is 1.71. The van der Waals surface area contributed by atoms with Gasteiger partial charge in [0.2, 0.25) is 5.91 Å². The average Bonchev–Trinajstić information content (AvgIpc) is 2.44. The number of nitrogens with one attached hydrogen (secondary N) is 1. The minimum absolute atomic E-state index is 0.152. The molecular formula is C15H14Br2N2O2. The average molecular weight is 414 g/mol. The number of hydrogen-bond acceptors (Lipinski definition) is 3. The van der Waals surface area contributed by atoms with E-state index in [-0.39, 0.29) is 12.3 Å². The van der Waals surface area contributed by atoms with Crippen LogP contribution in [0.5, 0.6) is 5.75 Å². The molecule has 0 aliphatic rings. The number of nitrogens with two attached hydrogens (primary N) is 1. The third-order valence-electron chi connectivity index (χ3n) is 2.69. The Labute approximate surface area is 139 Å². The Bertz CT molecular complexity index is 610. The van der Waals surface area contributed by atoms with Crippen LogP contribution in [0.2, 0.25) is 0 Å². The molecule has 1 amide bonds. The minimum Gasteiger partial charge on any atom is -0.493 e. The second-order valence-corrected chi connectivity index (χ2v) is 6.08. The van der Waals surface area contributed by atoms with E-state index < -0.39 is 0 Å². The number of hydrogen-bond donors (Lipinski definition) is 2. The van der Waals surface area contributed by atoms with Crippen molar-refractivity contribution in [1.29, 1.82) is 0 Å². The molecule has 2 rings (SSSR count). The molecule has 0 saturated carbocycles. The summed E-state index contributed by atoms with van der Waals surface area (Å²) in [5, 5.41) is 2.78. The molecule has 0 aliphatic heterocycles. The highest BCUT2D eigenvalue weighted by Crippen LogP contribution is 2.32. The van der Waals surface area contributed by atoms with Crippen molar-refractivity contribution >= 4 is 49.1 Å². The molecule has 21 heavy (non-hydrogen) atoms. The summed E-state index contributed by atoms with van der Waals surface area (Å²) in [6.45, 7) is 0.309. The number of halogens is 2. The van der Waals surface area contributed by atoms with Crippen LogP contribution in [-0.4, -0.2) is 12.5 Å². The van der Waals surface area contributed by atoms with Crippen LogP contribution in [0.25, 0.3) is 0 Å². The van der Waals surface area contributed by atoms with Gasteiger partial charge in [0.1, 0.15) is 5.75 Å². The van der Waals surface area contributed by atoms with E-state index in [2.05, 4.69) is 37.2 Å². The molecule has 0 atom stereocenters. The number of carbonyl (C=O) groups is 1. The van der Waals surface area contributed by atoms with Crippen molar-refractivity contribution in [3.05, 3.63) is 51.4 Å². The van der Waals surface area contributed by atoms with Gasteiger partial charge in [0.15, 0.2) is 0 Å². The standard InChI is InChI=1S/C15H14Br2N2O2/c16-10-8-12(17)15(13(18)9-10)19-14(20)6-7-21-11-4-2-1-3-5-11/h1-5,8-9H,6-7,18H2,(H,19,20). The topological polar surface area (TPSA) is 64.3 Å². The number of ether oxygens (including phenoxy) is 1. The molecule has 110 valence electrons. The van der Waals surface area contributed by atoms with Crippen molar-refractivity contribution < 1.29 is 9.53 Å². The van der Waals surface area contributed by atoms with Crippen LogP contribution in [-0.2, 0) is 4.79 Å². The van der Waals surface area contributed by atoms with Crippen molar-refractivity contribution in [2.75, 3.05) is 17.7 Å². The number of benzene rings is 2. The van der Waals surface area contributed by atoms with Crippen molar-refractivity contribution in [2.24, 2.45) is 0 Å². The van der Waals surface area contributed by atoms with E-state index in [0.717, 1.165) is 14.7 Å². The van der Waals surface area contributed by atoms with E-state index in [1.807, 2.05) is 36.4 Å². The Hall–Kier alpha value is -1.53. The first kappa shape index (κ1) is 15.9. The van der Waals surface area contributed by atoms with Crippen molar-refractivity contribution in [2.45, 2.75) is 6.42 Å². The van der Waals surface area contributed by atoms with Gasteiger partial charge in [0.25, 0.3) is 0 Å². The predicted molar refractivity (Wildman–Crippen MR) is 91.4 cm³/mol. The summed E-state index contributed by atoms with van der Waals surface area (Å²) < 4.78 is 7.06. The SMILES string of the molecule is Nc1cc(Br)cc(Br)c1NC(=O)CCOc1ccccc1. The number of rotatable bonds is 5. The number of anilines is 2. The molecule has 0 spiro atoms. The third-order valence-corrected chi connectivity index (χ3v) is 3.77. The normalized spacial score (nSPS) is 10.2. The van der Waals surface area contributed by atoms with Crippen LogP contribution in [0.1, 0.15) is 6.42 Å². The molecule has 0 heterocycles. The monoisotopic (exact) mass is 412 g/mol. The van der Waals surface area contributed by atoms with Crippen molar-refractivity contribution in [1.82, 2.24) is 0 Å². The summed E-state index contributed by atoms with van der Waals surface area (Å²) >= 11 is 6.71. The maximum absolute atomic E-state index is 11.9. The molecule has 3 N–H and O–H groups in total. The molecule has 4 nitrogen and oxygen atoms in total. The first-order valence-electron chi connectivity index (χ1n) is 6.28. The summed E-state index contributed by atoms with van der Waals surface area (Å²) in [6.07, 6.45) is 0.247. The Morgan fingerprint density at radius 1 is 1.19 bits per heavy atom. The summed E-state index contributed by atoms with van der Waals surface area (Å²) in [5.74, 6) is 0.593. The maximum atomic E-state index is 11.9. The van der Waals surface area contributed by atoms with E-state index in [9.17, 15) is 4.79 Å². The van der Waals surface area contributed by atoms with E-state index in [0.29, 0.717) is 18.0 Å². The molecule has 0 radical (unpaired) electrons. The zero-order valence-corrected chi connectivity index (χ0v) is 14.3. The van der Waals surface area contributed by atoms with Gasteiger partial charge in [-0.05, 0) is 40.2 Å². The lowest BCUT2D eigenvalue weighted by molar-refractivity contribution is -0.116. The van der Waals surface area contributed by atoms with Crippen LogP contribution in [0.15, 0.2) is 51.4 Å². The molecule has 2 aromatic rings. The zero-order valence-electron chi connectivity index (χ0n) is 11.1. The van der Waals surface area contributed by atoms with E-state index in [4.69, 9.17) is 10.5 Å². The molecular weight excluding hydrogens is 400 g/mol. The maximum Gasteiger partial charge on any atom is 0.227 e. The Kier molecular flexibility index (Phi) is 5.64. The largest absolute Gasteiger partial charge is 0.493 e. The lowest BCUT2D eigenvalue weighted by Gasteiger charge is -2.11. The van der Waals surface area contributed by atoms with Crippen LogP contribution in [0.3, 0.4) is 0 Å². The molecule has 0 saturated heterocycles. The van der Waals surface area contributed by atoms with Crippen molar-refractivity contribution in [3.8, 4) is 5.75 Å². The second-order valence-electron chi connectivity index (χ2n) is 4.31. The molecule has 0 aromatic heterocycles. The molecule has 0 fully saturated rings. The highest BCUT2D eigenvalue weighted by atomic mass is 79.9. The Morgan fingerprint density at radius 3 is 2.57 bits per heavy atom. The molecule has 2 aromatic carbocycles. The van der Waals surface area contributed by atoms with E-state index in [1.54, 1.807) is 6.07 Å². The second kappa shape index (κ2) is 7.47. The predicted octanol–water partition coefficient (Wildman–Crippen LogP) is 4.20. The third kappa shape index (κ3) is 4.75. The number of para-hydroxylation sites is 1. The van der Waals surface area contributed by atoms with Gasteiger partial charge in [0.05, 0.1) is 24.4 Å². The minimum atomic E-state index is -0.152. The van der Waals surface area contributed by atoms with Gasteiger partial charge in [-0.1, -0.05) is 34.1 Å². The quantitative estimate of drug-likeness (QED) is 0.722. The van der Waals surface area contributed by atoms with Crippen molar-refractivity contribution in [3.63, 3.8) is 0 Å². The molecule has 0 bridgehead atoms. The number of carbonyl (C=O) groups excluding carboxylic acids is 1. The summed E-state index contributed by atoms with van der Waals surface area (Å²) in [6, 6.07) is 12.9. The number of nitrogen functional groups attached to an aromatic ring is 1. The van der Waals surface area contributed by atoms with Crippen LogP contribution in [0, 0.1) is 0 Å². The van der Waals surface area contributed by atoms with E-state index >= 15 is 0 Å². The van der Waals surface area contributed by atoms with Crippen LogP contribution < -0.4 is 15.8 Å². The zero-order chi connectivity index (χ0) is 15.2. The lowest BCUT2D eigenvalue weighted by Crippen LogP contribution is -2.16. The first-order valence-corrected chi connectivity index (χ1v) is 7.87. The number of amides is 1. The Balaban J connectivity index is 1.88. The first-order chi connectivity index (χ1) is 10.1. The lowest BCUT2D eigenvalue weighted by atomic mass is 10.2. The van der Waals surface area contributed by atoms with Gasteiger partial charge in [-0.25, -0.2) is 0 Å². The molecule has 0 unspecified atom stereocenters. The van der Waals surface area contributed by atoms with Crippen LogP contribution in [0.4, 0.5) is 11.4 Å². The van der Waals surface area contributed by atoms with Gasteiger partial charge in [-0.15, -0.1) is 0 Å². The smallest absolute Gasteiger partial charge is 0.227 e. The summed E-state index contributed by atoms with van der Waals surface area (Å²) in [4.78, 5) is 11.9.